The van der Waals surface area contributed by atoms with Gasteiger partial charge in [0.15, 0.2) is 0 Å². The first-order valence-electron chi connectivity index (χ1n) is 9.29. The first-order chi connectivity index (χ1) is 14.1. The van der Waals surface area contributed by atoms with Crippen LogP contribution < -0.4 is 9.80 Å². The summed E-state index contributed by atoms with van der Waals surface area (Å²) in [6, 6.07) is 23.1. The highest BCUT2D eigenvalue weighted by Gasteiger charge is 2.60. The van der Waals surface area contributed by atoms with Crippen LogP contribution >= 0.6 is 11.8 Å². The topological polar surface area (TPSA) is 40.6 Å². The van der Waals surface area contributed by atoms with E-state index in [1.807, 2.05) is 54.6 Å². The van der Waals surface area contributed by atoms with Gasteiger partial charge >= 0.3 is 0 Å². The fourth-order valence-electron chi connectivity index (χ4n) is 4.07. The van der Waals surface area contributed by atoms with Gasteiger partial charge in [-0.1, -0.05) is 48.5 Å². The van der Waals surface area contributed by atoms with Crippen molar-refractivity contribution in [2.75, 3.05) is 15.6 Å². The van der Waals surface area contributed by atoms with Crippen LogP contribution in [0.1, 0.15) is 11.1 Å². The van der Waals surface area contributed by atoms with Crippen LogP contribution in [0.3, 0.4) is 0 Å². The summed E-state index contributed by atoms with van der Waals surface area (Å²) in [7, 11) is 0. The van der Waals surface area contributed by atoms with Gasteiger partial charge in [-0.15, -0.1) is 11.8 Å². The number of amides is 2. The number of fused-ring (bicyclic) bond motifs is 2. The maximum absolute atomic E-state index is 13.8. The number of nitrogens with zero attached hydrogens (tertiary/aromatic N) is 2. The van der Waals surface area contributed by atoms with Crippen LogP contribution in [0.25, 0.3) is 0 Å². The van der Waals surface area contributed by atoms with Gasteiger partial charge in [0.2, 0.25) is 10.8 Å². The van der Waals surface area contributed by atoms with Crippen molar-refractivity contribution in [3.05, 3.63) is 95.8 Å². The standard InChI is InChI=1S/C23H17FN2O2S/c24-17-10-12-18(13-11-17)26-21(27)15-29-23(26)19-8-4-5-9-20(19)25(22(23)28)14-16-6-2-1-3-7-16/h1-13H,14-15H2/t23-/m1/s1. The average Bonchev–Trinajstić information content (AvgIpc) is 3.21. The summed E-state index contributed by atoms with van der Waals surface area (Å²) in [5.41, 5.74) is 3.12. The molecule has 0 saturated carbocycles. The minimum Gasteiger partial charge on any atom is -0.304 e. The molecule has 2 aliphatic heterocycles. The summed E-state index contributed by atoms with van der Waals surface area (Å²) in [5, 5.41) is 0. The quantitative estimate of drug-likeness (QED) is 0.653. The molecule has 2 amide bonds. The van der Waals surface area contributed by atoms with Crippen LogP contribution in [0.4, 0.5) is 15.8 Å². The number of carbonyl (C=O) groups is 2. The van der Waals surface area contributed by atoms with Gasteiger partial charge in [-0.3, -0.25) is 14.5 Å². The molecule has 0 N–H and O–H groups in total. The molecule has 4 nitrogen and oxygen atoms in total. The lowest BCUT2D eigenvalue weighted by Gasteiger charge is -2.33. The van der Waals surface area contributed by atoms with E-state index in [4.69, 9.17) is 0 Å². The summed E-state index contributed by atoms with van der Waals surface area (Å²) in [4.78, 5) is 28.8. The van der Waals surface area contributed by atoms with Crippen LogP contribution in [0.5, 0.6) is 0 Å². The Hall–Kier alpha value is -3.12. The highest BCUT2D eigenvalue weighted by Crippen LogP contribution is 2.55. The Morgan fingerprint density at radius 3 is 2.34 bits per heavy atom. The molecule has 3 aromatic carbocycles. The predicted molar refractivity (Wildman–Crippen MR) is 112 cm³/mol. The van der Waals surface area contributed by atoms with Crippen molar-refractivity contribution in [3.8, 4) is 0 Å². The number of benzene rings is 3. The third-order valence-electron chi connectivity index (χ3n) is 5.33. The summed E-state index contributed by atoms with van der Waals surface area (Å²) in [6.45, 7) is 0.421. The third-order valence-corrected chi connectivity index (χ3v) is 6.72. The van der Waals surface area contributed by atoms with E-state index in [1.54, 1.807) is 17.0 Å². The minimum absolute atomic E-state index is 0.150. The van der Waals surface area contributed by atoms with Crippen LogP contribution in [-0.2, 0) is 21.0 Å². The smallest absolute Gasteiger partial charge is 0.269 e. The number of hydrogen-bond donors (Lipinski definition) is 0. The number of para-hydroxylation sites is 1. The molecule has 5 rings (SSSR count). The molecule has 1 fully saturated rings. The lowest BCUT2D eigenvalue weighted by molar-refractivity contribution is -0.123. The fraction of sp³-hybridized carbons (Fsp3) is 0.130. The molecule has 0 aliphatic carbocycles. The average molecular weight is 404 g/mol. The van der Waals surface area contributed by atoms with Gasteiger partial charge in [-0.05, 0) is 35.9 Å². The zero-order chi connectivity index (χ0) is 20.0. The van der Waals surface area contributed by atoms with E-state index < -0.39 is 4.87 Å². The zero-order valence-corrected chi connectivity index (χ0v) is 16.2. The molecule has 1 saturated heterocycles. The van der Waals surface area contributed by atoms with Crippen molar-refractivity contribution < 1.29 is 14.0 Å². The van der Waals surface area contributed by atoms with Gasteiger partial charge in [0.1, 0.15) is 5.82 Å². The lowest BCUT2D eigenvalue weighted by Crippen LogP contribution is -2.49. The van der Waals surface area contributed by atoms with Crippen LogP contribution in [0.15, 0.2) is 78.9 Å². The first kappa shape index (κ1) is 17.9. The zero-order valence-electron chi connectivity index (χ0n) is 15.4. The molecule has 0 aromatic heterocycles. The van der Waals surface area contributed by atoms with Gasteiger partial charge in [-0.25, -0.2) is 4.39 Å². The molecule has 2 aliphatic rings. The number of anilines is 2. The van der Waals surface area contributed by atoms with E-state index in [2.05, 4.69) is 0 Å². The third kappa shape index (κ3) is 2.67. The predicted octanol–water partition coefficient (Wildman–Crippen LogP) is 4.31. The molecule has 1 atom stereocenters. The molecular formula is C23H17FN2O2S. The highest BCUT2D eigenvalue weighted by atomic mass is 32.2. The van der Waals surface area contributed by atoms with Gasteiger partial charge in [0.25, 0.3) is 5.91 Å². The number of thioether (sulfide) groups is 1. The van der Waals surface area contributed by atoms with E-state index in [-0.39, 0.29) is 23.4 Å². The minimum atomic E-state index is -1.17. The van der Waals surface area contributed by atoms with Gasteiger partial charge < -0.3 is 4.90 Å². The Balaban J connectivity index is 1.65. The largest absolute Gasteiger partial charge is 0.304 e. The molecule has 29 heavy (non-hydrogen) atoms. The Labute approximate surface area is 171 Å². The molecule has 2 heterocycles. The molecule has 0 radical (unpaired) electrons. The van der Waals surface area contributed by atoms with Crippen LogP contribution in [-0.4, -0.2) is 17.6 Å². The monoisotopic (exact) mass is 404 g/mol. The van der Waals surface area contributed by atoms with Crippen molar-refractivity contribution >= 4 is 35.0 Å². The molecule has 3 aromatic rings. The second-order valence-electron chi connectivity index (χ2n) is 7.03. The van der Waals surface area contributed by atoms with Crippen LogP contribution in [0.2, 0.25) is 0 Å². The van der Waals surface area contributed by atoms with E-state index in [9.17, 15) is 14.0 Å². The summed E-state index contributed by atoms with van der Waals surface area (Å²) in [6.07, 6.45) is 0. The Morgan fingerprint density at radius 2 is 1.59 bits per heavy atom. The van der Waals surface area contributed by atoms with Crippen molar-refractivity contribution in [1.82, 2.24) is 0 Å². The molecule has 6 heteroatoms. The summed E-state index contributed by atoms with van der Waals surface area (Å²) < 4.78 is 13.5. The fourth-order valence-corrected chi connectivity index (χ4v) is 5.43. The molecule has 144 valence electrons. The Morgan fingerprint density at radius 1 is 0.897 bits per heavy atom. The normalized spacial score (nSPS) is 20.6. The molecule has 0 unspecified atom stereocenters. The Bertz CT molecular complexity index is 1100. The van der Waals surface area contributed by atoms with Crippen molar-refractivity contribution in [2.45, 2.75) is 11.4 Å². The number of rotatable bonds is 3. The second kappa shape index (κ2) is 6.74. The SMILES string of the molecule is O=C1CS[C@]2(C(=O)N(Cc3ccccc3)c3ccccc32)N1c1ccc(F)cc1. The maximum Gasteiger partial charge on any atom is 0.269 e. The van der Waals surface area contributed by atoms with E-state index in [0.717, 1.165) is 16.8 Å². The first-order valence-corrected chi connectivity index (χ1v) is 10.3. The second-order valence-corrected chi connectivity index (χ2v) is 8.20. The van der Waals surface area contributed by atoms with E-state index in [0.29, 0.717) is 12.2 Å². The number of halogens is 1. The maximum atomic E-state index is 13.8. The molecular weight excluding hydrogens is 387 g/mol. The van der Waals surface area contributed by atoms with Crippen molar-refractivity contribution in [3.63, 3.8) is 0 Å². The van der Waals surface area contributed by atoms with Crippen molar-refractivity contribution in [2.24, 2.45) is 0 Å². The van der Waals surface area contributed by atoms with Gasteiger partial charge in [0, 0.05) is 11.3 Å². The molecule has 0 bridgehead atoms. The van der Waals surface area contributed by atoms with E-state index in [1.165, 1.54) is 28.8 Å². The number of hydrogen-bond acceptors (Lipinski definition) is 3. The Kier molecular flexibility index (Phi) is 4.17. The highest BCUT2D eigenvalue weighted by molar-refractivity contribution is 8.02. The van der Waals surface area contributed by atoms with E-state index >= 15 is 0 Å². The number of carbonyl (C=O) groups excluding carboxylic acids is 2. The summed E-state index contributed by atoms with van der Waals surface area (Å²) in [5.74, 6) is -0.503. The summed E-state index contributed by atoms with van der Waals surface area (Å²) >= 11 is 1.32. The lowest BCUT2D eigenvalue weighted by atomic mass is 10.0. The van der Waals surface area contributed by atoms with Crippen LogP contribution in [0, 0.1) is 5.82 Å². The van der Waals surface area contributed by atoms with Gasteiger partial charge in [0.05, 0.1) is 18.0 Å². The van der Waals surface area contributed by atoms with Crippen molar-refractivity contribution in [1.29, 1.82) is 0 Å². The molecule has 1 spiro atoms. The van der Waals surface area contributed by atoms with Gasteiger partial charge in [-0.2, -0.15) is 0 Å².